The Hall–Kier alpha value is -2.84. The Morgan fingerprint density at radius 2 is 1.80 bits per heavy atom. The van der Waals surface area contributed by atoms with E-state index < -0.39 is 10.8 Å². The van der Waals surface area contributed by atoms with Crippen LogP contribution in [0.1, 0.15) is 49.4 Å². The number of ether oxygens (including phenoxy) is 2. The molecule has 0 radical (unpaired) electrons. The molecule has 0 bridgehead atoms. The summed E-state index contributed by atoms with van der Waals surface area (Å²) in [6, 6.07) is 2.59. The lowest BCUT2D eigenvalue weighted by Gasteiger charge is -2.36. The van der Waals surface area contributed by atoms with Crippen LogP contribution >= 0.6 is 0 Å². The maximum atomic E-state index is 13.2. The Kier molecular flexibility index (Phi) is 7.12. The number of methoxy groups -OCH3 is 1. The van der Waals surface area contributed by atoms with Crippen LogP contribution in [-0.4, -0.2) is 66.4 Å². The molecule has 2 fully saturated rings. The molecular weight excluding hydrogens is 390 g/mol. The Bertz CT molecular complexity index is 806. The molecule has 2 aliphatic heterocycles. The van der Waals surface area contributed by atoms with Crippen molar-refractivity contribution < 1.29 is 24.0 Å². The molecule has 1 atom stereocenters. The lowest BCUT2D eigenvalue weighted by molar-refractivity contribution is -0.385. The highest BCUT2D eigenvalue weighted by atomic mass is 16.6. The third kappa shape index (κ3) is 4.66. The Balaban J connectivity index is 1.83. The highest BCUT2D eigenvalue weighted by Gasteiger charge is 2.34. The number of likely N-dealkylation sites (tertiary alicyclic amines) is 2. The third-order valence-corrected chi connectivity index (χ3v) is 5.73. The maximum Gasteiger partial charge on any atom is 0.286 e. The minimum absolute atomic E-state index is 0.0460. The van der Waals surface area contributed by atoms with E-state index in [1.165, 1.54) is 19.2 Å². The van der Waals surface area contributed by atoms with E-state index in [0.29, 0.717) is 19.6 Å². The minimum Gasteiger partial charge on any atom is -0.493 e. The highest BCUT2D eigenvalue weighted by molar-refractivity contribution is 5.99. The van der Waals surface area contributed by atoms with Crippen molar-refractivity contribution in [2.45, 2.75) is 39.0 Å². The molecular formula is C21H29N3O6. The fourth-order valence-corrected chi connectivity index (χ4v) is 4.21. The number of rotatable bonds is 6. The lowest BCUT2D eigenvalue weighted by atomic mass is 9.94. The molecule has 2 amide bonds. The average Bonchev–Trinajstić information content (AvgIpc) is 2.78. The van der Waals surface area contributed by atoms with Crippen LogP contribution in [0.4, 0.5) is 5.69 Å². The summed E-state index contributed by atoms with van der Waals surface area (Å²) in [4.78, 5) is 40.6. The summed E-state index contributed by atoms with van der Waals surface area (Å²) in [5.74, 6) is -0.138. The number of nitrogens with zero attached hydrogens (tertiary/aromatic N) is 3. The molecule has 2 saturated heterocycles. The topological polar surface area (TPSA) is 102 Å². The molecule has 9 nitrogen and oxygen atoms in total. The average molecular weight is 419 g/mol. The fraction of sp³-hybridized carbons (Fsp3) is 0.619. The van der Waals surface area contributed by atoms with Gasteiger partial charge in [-0.2, -0.15) is 0 Å². The summed E-state index contributed by atoms with van der Waals surface area (Å²) in [6.45, 7) is 4.40. The van der Waals surface area contributed by atoms with Gasteiger partial charge in [-0.1, -0.05) is 0 Å². The van der Waals surface area contributed by atoms with Crippen molar-refractivity contribution in [3.8, 4) is 11.5 Å². The molecule has 2 aliphatic rings. The van der Waals surface area contributed by atoms with Crippen LogP contribution < -0.4 is 9.47 Å². The van der Waals surface area contributed by atoms with Crippen LogP contribution in [-0.2, 0) is 4.79 Å². The second-order valence-electron chi connectivity index (χ2n) is 7.69. The van der Waals surface area contributed by atoms with Gasteiger partial charge in [0.25, 0.3) is 11.6 Å². The molecule has 0 saturated carbocycles. The summed E-state index contributed by atoms with van der Waals surface area (Å²) in [5, 5.41) is 11.6. The van der Waals surface area contributed by atoms with Gasteiger partial charge in [0.05, 0.1) is 30.6 Å². The van der Waals surface area contributed by atoms with Gasteiger partial charge in [0.2, 0.25) is 5.91 Å². The van der Waals surface area contributed by atoms with Crippen molar-refractivity contribution in [3.63, 3.8) is 0 Å². The molecule has 30 heavy (non-hydrogen) atoms. The van der Waals surface area contributed by atoms with Gasteiger partial charge >= 0.3 is 0 Å². The molecule has 2 heterocycles. The molecule has 0 N–H and O–H groups in total. The van der Waals surface area contributed by atoms with Crippen LogP contribution in [0.3, 0.4) is 0 Å². The van der Waals surface area contributed by atoms with Crippen molar-refractivity contribution in [2.24, 2.45) is 5.92 Å². The van der Waals surface area contributed by atoms with Gasteiger partial charge in [-0.05, 0) is 39.0 Å². The number of amides is 2. The van der Waals surface area contributed by atoms with Crippen LogP contribution in [0.25, 0.3) is 0 Å². The van der Waals surface area contributed by atoms with Crippen LogP contribution in [0.2, 0.25) is 0 Å². The van der Waals surface area contributed by atoms with Crippen molar-refractivity contribution >= 4 is 17.5 Å². The molecule has 164 valence electrons. The van der Waals surface area contributed by atoms with Crippen molar-refractivity contribution in [1.82, 2.24) is 9.80 Å². The predicted molar refractivity (Wildman–Crippen MR) is 110 cm³/mol. The zero-order valence-corrected chi connectivity index (χ0v) is 17.6. The predicted octanol–water partition coefficient (Wildman–Crippen LogP) is 2.87. The highest BCUT2D eigenvalue weighted by Crippen LogP contribution is 2.36. The second-order valence-corrected chi connectivity index (χ2v) is 7.69. The number of carbonyl (C=O) groups excluding carboxylic acids is 2. The number of carbonyl (C=O) groups is 2. The monoisotopic (exact) mass is 419 g/mol. The number of piperidine rings is 2. The zero-order chi connectivity index (χ0) is 21.7. The molecule has 0 aliphatic carbocycles. The summed E-state index contributed by atoms with van der Waals surface area (Å²) in [7, 11) is 1.39. The largest absolute Gasteiger partial charge is 0.493 e. The smallest absolute Gasteiger partial charge is 0.286 e. The first-order chi connectivity index (χ1) is 14.5. The molecule has 3 rings (SSSR count). The maximum absolute atomic E-state index is 13.2. The molecule has 1 aromatic rings. The van der Waals surface area contributed by atoms with E-state index in [-0.39, 0.29) is 41.1 Å². The number of nitro benzene ring substituents is 1. The fourth-order valence-electron chi connectivity index (χ4n) is 4.21. The zero-order valence-electron chi connectivity index (χ0n) is 17.6. The van der Waals surface area contributed by atoms with E-state index in [4.69, 9.17) is 9.47 Å². The van der Waals surface area contributed by atoms with E-state index in [1.807, 2.05) is 4.90 Å². The molecule has 1 unspecified atom stereocenters. The first-order valence-electron chi connectivity index (χ1n) is 10.5. The van der Waals surface area contributed by atoms with E-state index in [1.54, 1.807) is 11.8 Å². The molecule has 1 aromatic carbocycles. The van der Waals surface area contributed by atoms with Gasteiger partial charge in [0.1, 0.15) is 5.56 Å². The van der Waals surface area contributed by atoms with Crippen molar-refractivity contribution in [2.75, 3.05) is 39.9 Å². The second kappa shape index (κ2) is 9.77. The normalized spacial score (nSPS) is 19.3. The van der Waals surface area contributed by atoms with Gasteiger partial charge in [-0.3, -0.25) is 19.7 Å². The lowest BCUT2D eigenvalue weighted by Crippen LogP contribution is -2.48. The van der Waals surface area contributed by atoms with Gasteiger partial charge in [0, 0.05) is 32.2 Å². The SMILES string of the molecule is CCOc1cc(C(=O)N2CCCC(C(=O)N3CCCCC3)C2)c([N+](=O)[O-])cc1OC. The first kappa shape index (κ1) is 21.9. The van der Waals surface area contributed by atoms with Crippen LogP contribution in [0.5, 0.6) is 11.5 Å². The Labute approximate surface area is 176 Å². The summed E-state index contributed by atoms with van der Waals surface area (Å²) in [5.41, 5.74) is -0.375. The first-order valence-corrected chi connectivity index (χ1v) is 10.5. The molecule has 9 heteroatoms. The van der Waals surface area contributed by atoms with Crippen LogP contribution in [0.15, 0.2) is 12.1 Å². The van der Waals surface area contributed by atoms with Crippen molar-refractivity contribution in [1.29, 1.82) is 0 Å². The minimum atomic E-state index is -0.591. The van der Waals surface area contributed by atoms with Gasteiger partial charge < -0.3 is 19.3 Å². The standard InChI is InChI=1S/C21H29N3O6/c1-3-30-19-12-16(17(24(27)28)13-18(19)29-2)21(26)23-11-7-8-15(14-23)20(25)22-9-5-4-6-10-22/h12-13,15H,3-11,14H2,1-2H3. The third-order valence-electron chi connectivity index (χ3n) is 5.73. The van der Waals surface area contributed by atoms with Gasteiger partial charge in [0.15, 0.2) is 11.5 Å². The van der Waals surface area contributed by atoms with Gasteiger partial charge in [-0.25, -0.2) is 0 Å². The van der Waals surface area contributed by atoms with E-state index >= 15 is 0 Å². The number of hydrogen-bond donors (Lipinski definition) is 0. The summed E-state index contributed by atoms with van der Waals surface area (Å²) >= 11 is 0. The van der Waals surface area contributed by atoms with Gasteiger partial charge in [-0.15, -0.1) is 0 Å². The van der Waals surface area contributed by atoms with Crippen LogP contribution in [0, 0.1) is 16.0 Å². The number of hydrogen-bond acceptors (Lipinski definition) is 6. The summed E-state index contributed by atoms with van der Waals surface area (Å²) in [6.07, 6.45) is 4.59. The Morgan fingerprint density at radius 1 is 1.10 bits per heavy atom. The summed E-state index contributed by atoms with van der Waals surface area (Å²) < 4.78 is 10.7. The molecule has 0 aromatic heterocycles. The van der Waals surface area contributed by atoms with E-state index in [2.05, 4.69) is 0 Å². The van der Waals surface area contributed by atoms with Crippen molar-refractivity contribution in [3.05, 3.63) is 27.8 Å². The number of benzene rings is 1. The number of nitro groups is 1. The molecule has 0 spiro atoms. The quantitative estimate of drug-likeness (QED) is 0.519. The van der Waals surface area contributed by atoms with E-state index in [9.17, 15) is 19.7 Å². The Morgan fingerprint density at radius 3 is 2.43 bits per heavy atom. The van der Waals surface area contributed by atoms with E-state index in [0.717, 1.165) is 38.8 Å².